The van der Waals surface area contributed by atoms with Crippen molar-refractivity contribution in [3.8, 4) is 5.75 Å². The lowest BCUT2D eigenvalue weighted by atomic mass is 10.1. The van der Waals surface area contributed by atoms with Crippen molar-refractivity contribution in [3.63, 3.8) is 0 Å². The molecule has 1 fully saturated rings. The van der Waals surface area contributed by atoms with Crippen LogP contribution < -0.4 is 10.1 Å². The molecule has 2 aromatic carbocycles. The molecular formula is C24H26N2O7S. The van der Waals surface area contributed by atoms with Crippen molar-refractivity contribution in [1.82, 2.24) is 4.31 Å². The van der Waals surface area contributed by atoms with Crippen LogP contribution in [0.5, 0.6) is 5.75 Å². The first-order valence-corrected chi connectivity index (χ1v) is 12.5. The number of anilines is 1. The fourth-order valence-corrected chi connectivity index (χ4v) is 5.78. The molecule has 1 N–H and O–H groups in total. The Labute approximate surface area is 198 Å². The Morgan fingerprint density at radius 2 is 1.82 bits per heavy atom. The van der Waals surface area contributed by atoms with Crippen LogP contribution in [0.15, 0.2) is 47.4 Å². The highest BCUT2D eigenvalue weighted by atomic mass is 32.2. The summed E-state index contributed by atoms with van der Waals surface area (Å²) in [6.45, 7) is 3.73. The van der Waals surface area contributed by atoms with Gasteiger partial charge in [-0.05, 0) is 69.2 Å². The zero-order chi connectivity index (χ0) is 24.5. The molecule has 2 aromatic rings. The largest absolute Gasteiger partial charge is 0.482 e. The predicted octanol–water partition coefficient (Wildman–Crippen LogP) is 3.01. The van der Waals surface area contributed by atoms with Gasteiger partial charge in [0.2, 0.25) is 15.8 Å². The summed E-state index contributed by atoms with van der Waals surface area (Å²) < 4.78 is 38.0. The van der Waals surface area contributed by atoms with Crippen molar-refractivity contribution in [2.24, 2.45) is 0 Å². The standard InChI is InChI=1S/C24H26N2O7S/c1-15-5-3-4-12-26(15)34(30,31)19-9-6-17(7-10-19)24(29)33-16(2)23(28)18-8-11-21-20(13-18)25-22(27)14-32-21/h6-11,13,15-16H,3-5,12,14H2,1-2H3,(H,25,27)/t15-,16+/m0/s1. The first kappa shape index (κ1) is 23.9. The summed E-state index contributed by atoms with van der Waals surface area (Å²) in [5.74, 6) is -1.06. The highest BCUT2D eigenvalue weighted by molar-refractivity contribution is 7.89. The highest BCUT2D eigenvalue weighted by Crippen LogP contribution is 2.29. The van der Waals surface area contributed by atoms with Gasteiger partial charge in [-0.2, -0.15) is 4.31 Å². The second kappa shape index (κ2) is 9.55. The molecule has 2 atom stereocenters. The minimum atomic E-state index is -3.65. The molecule has 2 aliphatic heterocycles. The van der Waals surface area contributed by atoms with E-state index in [0.29, 0.717) is 18.0 Å². The summed E-state index contributed by atoms with van der Waals surface area (Å²) >= 11 is 0. The number of benzene rings is 2. The molecule has 34 heavy (non-hydrogen) atoms. The molecular weight excluding hydrogens is 460 g/mol. The molecule has 1 amide bonds. The van der Waals surface area contributed by atoms with Crippen LogP contribution >= 0.6 is 0 Å². The number of fused-ring (bicyclic) bond motifs is 1. The van der Waals surface area contributed by atoms with E-state index in [1.807, 2.05) is 6.92 Å². The summed E-state index contributed by atoms with van der Waals surface area (Å²) in [7, 11) is -3.65. The van der Waals surface area contributed by atoms with Gasteiger partial charge in [0.1, 0.15) is 5.75 Å². The van der Waals surface area contributed by atoms with E-state index in [1.165, 1.54) is 47.6 Å². The van der Waals surface area contributed by atoms with Gasteiger partial charge in [-0.1, -0.05) is 6.42 Å². The molecule has 0 bridgehead atoms. The zero-order valence-corrected chi connectivity index (χ0v) is 19.8. The fourth-order valence-electron chi connectivity index (χ4n) is 4.08. The van der Waals surface area contributed by atoms with Crippen LogP contribution in [0.4, 0.5) is 5.69 Å². The smallest absolute Gasteiger partial charge is 0.338 e. The van der Waals surface area contributed by atoms with Crippen molar-refractivity contribution >= 4 is 33.4 Å². The maximum absolute atomic E-state index is 13.0. The zero-order valence-electron chi connectivity index (χ0n) is 18.9. The van der Waals surface area contributed by atoms with Crippen molar-refractivity contribution in [3.05, 3.63) is 53.6 Å². The third kappa shape index (κ3) is 4.83. The molecule has 0 unspecified atom stereocenters. The Morgan fingerprint density at radius 1 is 1.12 bits per heavy atom. The number of Topliss-reactive ketones (excluding diaryl/α,β-unsaturated/α-hetero) is 1. The van der Waals surface area contributed by atoms with Crippen LogP contribution in [0.2, 0.25) is 0 Å². The number of carbonyl (C=O) groups excluding carboxylic acids is 3. The lowest BCUT2D eigenvalue weighted by molar-refractivity contribution is -0.118. The Morgan fingerprint density at radius 3 is 2.53 bits per heavy atom. The lowest BCUT2D eigenvalue weighted by Gasteiger charge is -2.32. The summed E-state index contributed by atoms with van der Waals surface area (Å²) in [5, 5.41) is 2.63. The minimum absolute atomic E-state index is 0.0706. The second-order valence-corrected chi connectivity index (χ2v) is 10.3. The Balaban J connectivity index is 1.43. The van der Waals surface area contributed by atoms with E-state index in [4.69, 9.17) is 9.47 Å². The fraction of sp³-hybridized carbons (Fsp3) is 0.375. The van der Waals surface area contributed by atoms with E-state index >= 15 is 0 Å². The van der Waals surface area contributed by atoms with Crippen LogP contribution in [0.25, 0.3) is 0 Å². The molecule has 0 radical (unpaired) electrons. The SMILES string of the molecule is C[C@@H](OC(=O)c1ccc(S(=O)(=O)N2CCCC[C@@H]2C)cc1)C(=O)c1ccc2c(c1)NC(=O)CO2. The highest BCUT2D eigenvalue weighted by Gasteiger charge is 2.31. The molecule has 10 heteroatoms. The number of piperidine rings is 1. The van der Waals surface area contributed by atoms with Gasteiger partial charge in [-0.25, -0.2) is 13.2 Å². The van der Waals surface area contributed by atoms with Crippen molar-refractivity contribution < 1.29 is 32.3 Å². The van der Waals surface area contributed by atoms with Gasteiger partial charge >= 0.3 is 5.97 Å². The molecule has 1 saturated heterocycles. The third-order valence-electron chi connectivity index (χ3n) is 5.99. The number of carbonyl (C=O) groups is 3. The van der Waals surface area contributed by atoms with Crippen LogP contribution in [0.3, 0.4) is 0 Å². The molecule has 9 nitrogen and oxygen atoms in total. The summed E-state index contributed by atoms with van der Waals surface area (Å²) in [6.07, 6.45) is 1.55. The van der Waals surface area contributed by atoms with Gasteiger partial charge in [0, 0.05) is 18.2 Å². The maximum Gasteiger partial charge on any atom is 0.338 e. The molecule has 0 aliphatic carbocycles. The minimum Gasteiger partial charge on any atom is -0.482 e. The van der Waals surface area contributed by atoms with E-state index in [2.05, 4.69) is 5.32 Å². The number of ether oxygens (including phenoxy) is 2. The normalized spacial score (nSPS) is 19.4. The summed E-state index contributed by atoms with van der Waals surface area (Å²) in [6, 6.07) is 10.0. The van der Waals surface area contributed by atoms with Gasteiger partial charge in [0.25, 0.3) is 5.91 Å². The van der Waals surface area contributed by atoms with E-state index < -0.39 is 27.9 Å². The number of hydrogen-bond donors (Lipinski definition) is 1. The quantitative estimate of drug-likeness (QED) is 0.492. The second-order valence-electron chi connectivity index (χ2n) is 8.44. The van der Waals surface area contributed by atoms with E-state index in [9.17, 15) is 22.8 Å². The average molecular weight is 487 g/mol. The number of amides is 1. The Bertz CT molecular complexity index is 1220. The predicted molar refractivity (Wildman–Crippen MR) is 123 cm³/mol. The van der Waals surface area contributed by atoms with E-state index in [0.717, 1.165) is 19.3 Å². The number of ketones is 1. The van der Waals surface area contributed by atoms with E-state index in [1.54, 1.807) is 6.07 Å². The number of rotatable bonds is 6. The van der Waals surface area contributed by atoms with Gasteiger partial charge in [-0.3, -0.25) is 9.59 Å². The molecule has 0 spiro atoms. The van der Waals surface area contributed by atoms with Crippen molar-refractivity contribution in [1.29, 1.82) is 0 Å². The number of esters is 1. The third-order valence-corrected chi connectivity index (χ3v) is 8.02. The number of hydrogen-bond acceptors (Lipinski definition) is 7. The monoisotopic (exact) mass is 486 g/mol. The molecule has 2 heterocycles. The van der Waals surface area contributed by atoms with Gasteiger partial charge in [-0.15, -0.1) is 0 Å². The van der Waals surface area contributed by atoms with E-state index in [-0.39, 0.29) is 34.6 Å². The Hall–Kier alpha value is -3.24. The van der Waals surface area contributed by atoms with Gasteiger partial charge < -0.3 is 14.8 Å². The van der Waals surface area contributed by atoms with Crippen LogP contribution in [0.1, 0.15) is 53.8 Å². The number of nitrogens with one attached hydrogen (secondary N) is 1. The molecule has 0 saturated carbocycles. The number of nitrogens with zero attached hydrogens (tertiary/aromatic N) is 1. The Kier molecular flexibility index (Phi) is 6.72. The lowest BCUT2D eigenvalue weighted by Crippen LogP contribution is -2.41. The van der Waals surface area contributed by atoms with Crippen LogP contribution in [0, 0.1) is 0 Å². The van der Waals surface area contributed by atoms with Gasteiger partial charge in [0.05, 0.1) is 16.1 Å². The van der Waals surface area contributed by atoms with Crippen molar-refractivity contribution in [2.45, 2.75) is 50.2 Å². The first-order valence-electron chi connectivity index (χ1n) is 11.1. The average Bonchev–Trinajstić information content (AvgIpc) is 2.83. The van der Waals surface area contributed by atoms with Gasteiger partial charge in [0.15, 0.2) is 12.7 Å². The molecule has 4 rings (SSSR count). The molecule has 2 aliphatic rings. The summed E-state index contributed by atoms with van der Waals surface area (Å²) in [4.78, 5) is 36.9. The molecule has 180 valence electrons. The van der Waals surface area contributed by atoms with Crippen LogP contribution in [-0.2, 0) is 19.6 Å². The van der Waals surface area contributed by atoms with Crippen molar-refractivity contribution in [2.75, 3.05) is 18.5 Å². The summed E-state index contributed by atoms with van der Waals surface area (Å²) in [5.41, 5.74) is 0.763. The topological polar surface area (TPSA) is 119 Å². The number of sulfonamides is 1. The first-order chi connectivity index (χ1) is 16.2. The molecule has 0 aromatic heterocycles. The maximum atomic E-state index is 13.0. The van der Waals surface area contributed by atoms with Crippen LogP contribution in [-0.4, -0.2) is 55.7 Å².